The first-order valence-electron chi connectivity index (χ1n) is 10.4. The minimum absolute atomic E-state index is 0.144. The van der Waals surface area contributed by atoms with Gasteiger partial charge >= 0.3 is 0 Å². The number of fused-ring (bicyclic) bond motifs is 1. The number of hydrogen-bond acceptors (Lipinski definition) is 5. The van der Waals surface area contributed by atoms with Crippen LogP contribution in [0.15, 0.2) is 62.9 Å². The Kier molecular flexibility index (Phi) is 5.88. The molecule has 8 heteroatoms. The molecule has 1 aliphatic carbocycles. The molecule has 4 rings (SSSR count). The molecule has 0 fully saturated rings. The van der Waals surface area contributed by atoms with Gasteiger partial charge < -0.3 is 9.73 Å². The molecule has 1 aromatic heterocycles. The predicted octanol–water partition coefficient (Wildman–Crippen LogP) is 4.48. The van der Waals surface area contributed by atoms with Gasteiger partial charge in [0.1, 0.15) is 5.76 Å². The first-order chi connectivity index (χ1) is 15.2. The molecule has 0 aliphatic heterocycles. The molecule has 1 amide bonds. The maximum atomic E-state index is 12.8. The Morgan fingerprint density at radius 2 is 1.56 bits per heavy atom. The quantitative estimate of drug-likeness (QED) is 0.559. The van der Waals surface area contributed by atoms with E-state index < -0.39 is 10.0 Å². The molecule has 7 nitrogen and oxygen atoms in total. The highest BCUT2D eigenvalue weighted by atomic mass is 32.2. The summed E-state index contributed by atoms with van der Waals surface area (Å²) in [6.45, 7) is 5.66. The normalized spacial score (nSPS) is 14.8. The number of nitrogens with one attached hydrogen (secondary N) is 2. The van der Waals surface area contributed by atoms with Crippen LogP contribution in [-0.4, -0.2) is 20.0 Å². The van der Waals surface area contributed by atoms with E-state index >= 15 is 0 Å². The van der Waals surface area contributed by atoms with Crippen molar-refractivity contribution in [1.29, 1.82) is 0 Å². The Morgan fingerprint density at radius 3 is 2.22 bits per heavy atom. The molecule has 3 aromatic rings. The third-order valence-corrected chi connectivity index (χ3v) is 6.70. The van der Waals surface area contributed by atoms with Crippen molar-refractivity contribution in [3.05, 3.63) is 82.3 Å². The average molecular weight is 452 g/mol. The summed E-state index contributed by atoms with van der Waals surface area (Å²) < 4.78 is 31.1. The van der Waals surface area contributed by atoms with Crippen LogP contribution >= 0.6 is 0 Å². The second-order valence-corrected chi connectivity index (χ2v) is 9.66. The molecule has 32 heavy (non-hydrogen) atoms. The number of benzene rings is 2. The summed E-state index contributed by atoms with van der Waals surface area (Å²) in [7, 11) is -3.79. The first kappa shape index (κ1) is 21.8. The van der Waals surface area contributed by atoms with Gasteiger partial charge in [-0.3, -0.25) is 4.79 Å². The Morgan fingerprint density at radius 1 is 0.938 bits per heavy atom. The lowest BCUT2D eigenvalue weighted by atomic mass is 9.93. The van der Waals surface area contributed by atoms with Gasteiger partial charge in [0, 0.05) is 23.2 Å². The number of rotatable bonds is 5. The zero-order valence-corrected chi connectivity index (χ0v) is 19.0. The Labute approximate surface area is 187 Å². The van der Waals surface area contributed by atoms with E-state index in [0.29, 0.717) is 41.1 Å². The van der Waals surface area contributed by atoms with E-state index in [1.807, 2.05) is 38.1 Å². The fraction of sp³-hybridized carbons (Fsp3) is 0.250. The second kappa shape index (κ2) is 8.63. The van der Waals surface area contributed by atoms with Gasteiger partial charge in [0.15, 0.2) is 5.76 Å². The zero-order valence-electron chi connectivity index (χ0n) is 18.2. The molecular weight excluding hydrogens is 426 g/mol. The van der Waals surface area contributed by atoms with Crippen LogP contribution in [0.1, 0.15) is 51.4 Å². The number of carbonyl (C=O) groups excluding carboxylic acids is 1. The summed E-state index contributed by atoms with van der Waals surface area (Å²) in [4.78, 5) is 15.3. The van der Waals surface area contributed by atoms with Crippen molar-refractivity contribution in [3.63, 3.8) is 0 Å². The second-order valence-electron chi connectivity index (χ2n) is 7.99. The molecule has 166 valence electrons. The number of amides is 1. The number of hydrazone groups is 1. The maximum Gasteiger partial charge on any atom is 0.291 e. The van der Waals surface area contributed by atoms with Crippen LogP contribution < -0.4 is 10.1 Å². The number of carbonyl (C=O) groups is 1. The van der Waals surface area contributed by atoms with Crippen molar-refractivity contribution in [3.8, 4) is 0 Å². The number of aryl methyl sites for hydroxylation is 3. The molecule has 0 radical (unpaired) electrons. The molecule has 0 unspecified atom stereocenters. The van der Waals surface area contributed by atoms with Gasteiger partial charge in [-0.1, -0.05) is 35.4 Å². The van der Waals surface area contributed by atoms with Crippen molar-refractivity contribution in [2.75, 3.05) is 5.32 Å². The highest BCUT2D eigenvalue weighted by Gasteiger charge is 2.28. The zero-order chi connectivity index (χ0) is 22.9. The molecule has 1 aliphatic rings. The molecule has 2 N–H and O–H groups in total. The van der Waals surface area contributed by atoms with Crippen LogP contribution in [0.5, 0.6) is 0 Å². The van der Waals surface area contributed by atoms with Crippen LogP contribution in [0.2, 0.25) is 0 Å². The van der Waals surface area contributed by atoms with Gasteiger partial charge in [0.2, 0.25) is 0 Å². The highest BCUT2D eigenvalue weighted by Crippen LogP contribution is 2.30. The Hall–Kier alpha value is -3.39. The van der Waals surface area contributed by atoms with Crippen LogP contribution in [0.4, 0.5) is 5.69 Å². The standard InChI is InChI=1S/C24H25N3O4S/c1-15-7-11-18(12-8-15)25-24(28)23-17(3)22-20(5-4-6-21(22)31-23)26-27-32(29,30)19-13-9-16(2)10-14-19/h7-14,27H,4-6H2,1-3H3,(H,25,28)/b26-20+. The molecule has 1 heterocycles. The van der Waals surface area contributed by atoms with E-state index in [4.69, 9.17) is 4.42 Å². The molecule has 2 aromatic carbocycles. The molecule has 0 bridgehead atoms. The van der Waals surface area contributed by atoms with Crippen LogP contribution in [0.25, 0.3) is 0 Å². The van der Waals surface area contributed by atoms with Crippen molar-refractivity contribution in [1.82, 2.24) is 4.83 Å². The lowest BCUT2D eigenvalue weighted by molar-refractivity contribution is 0.0994. The van der Waals surface area contributed by atoms with Gasteiger partial charge in [-0.05, 0) is 57.9 Å². The van der Waals surface area contributed by atoms with Crippen molar-refractivity contribution in [2.24, 2.45) is 5.10 Å². The number of hydrogen-bond donors (Lipinski definition) is 2. The Bertz CT molecular complexity index is 1290. The molecule has 0 spiro atoms. The third kappa shape index (κ3) is 4.45. The summed E-state index contributed by atoms with van der Waals surface area (Å²) >= 11 is 0. The lowest BCUT2D eigenvalue weighted by Crippen LogP contribution is -2.22. The van der Waals surface area contributed by atoms with Crippen molar-refractivity contribution < 1.29 is 17.6 Å². The predicted molar refractivity (Wildman–Crippen MR) is 124 cm³/mol. The summed E-state index contributed by atoms with van der Waals surface area (Å²) in [6, 6.07) is 14.1. The van der Waals surface area contributed by atoms with E-state index in [1.54, 1.807) is 31.2 Å². The SMILES string of the molecule is Cc1ccc(NC(=O)c2oc3c(c2C)/C(=N/NS(=O)(=O)c2ccc(C)cc2)CCC3)cc1. The summed E-state index contributed by atoms with van der Waals surface area (Å²) in [5, 5.41) is 7.06. The molecule has 0 saturated carbocycles. The minimum atomic E-state index is -3.79. The lowest BCUT2D eigenvalue weighted by Gasteiger charge is -2.14. The van der Waals surface area contributed by atoms with E-state index in [9.17, 15) is 13.2 Å². The van der Waals surface area contributed by atoms with Gasteiger partial charge in [0.25, 0.3) is 15.9 Å². The maximum absolute atomic E-state index is 12.8. The van der Waals surface area contributed by atoms with E-state index in [1.165, 1.54) is 0 Å². The fourth-order valence-corrected chi connectivity index (χ4v) is 4.54. The number of sulfonamides is 1. The van der Waals surface area contributed by atoms with E-state index in [2.05, 4.69) is 15.2 Å². The van der Waals surface area contributed by atoms with Gasteiger partial charge in [-0.25, -0.2) is 0 Å². The number of anilines is 1. The van der Waals surface area contributed by atoms with Crippen molar-refractivity contribution >= 4 is 27.3 Å². The number of nitrogens with zero attached hydrogens (tertiary/aromatic N) is 1. The van der Waals surface area contributed by atoms with Crippen molar-refractivity contribution in [2.45, 2.75) is 44.9 Å². The largest absolute Gasteiger partial charge is 0.455 e. The molecular formula is C24H25N3O4S. The van der Waals surface area contributed by atoms with Crippen LogP contribution in [0.3, 0.4) is 0 Å². The smallest absolute Gasteiger partial charge is 0.291 e. The van der Waals surface area contributed by atoms with E-state index in [-0.39, 0.29) is 16.6 Å². The summed E-state index contributed by atoms with van der Waals surface area (Å²) in [5.74, 6) is 0.517. The van der Waals surface area contributed by atoms with Gasteiger partial charge in [-0.2, -0.15) is 18.4 Å². The summed E-state index contributed by atoms with van der Waals surface area (Å²) in [6.07, 6.45) is 2.00. The van der Waals surface area contributed by atoms with Gasteiger partial charge in [0.05, 0.1) is 10.6 Å². The van der Waals surface area contributed by atoms with Crippen LogP contribution in [0, 0.1) is 20.8 Å². The summed E-state index contributed by atoms with van der Waals surface area (Å²) in [5.41, 5.74) is 4.67. The first-order valence-corrected chi connectivity index (χ1v) is 11.9. The minimum Gasteiger partial charge on any atom is -0.455 e. The van der Waals surface area contributed by atoms with Crippen LogP contribution in [-0.2, 0) is 16.4 Å². The Balaban J connectivity index is 1.59. The highest BCUT2D eigenvalue weighted by molar-refractivity contribution is 7.89. The molecule has 0 saturated heterocycles. The fourth-order valence-electron chi connectivity index (χ4n) is 3.71. The monoisotopic (exact) mass is 451 g/mol. The molecule has 0 atom stereocenters. The topological polar surface area (TPSA) is 101 Å². The number of furan rings is 1. The van der Waals surface area contributed by atoms with Gasteiger partial charge in [-0.15, -0.1) is 0 Å². The third-order valence-electron chi connectivity index (χ3n) is 5.47. The average Bonchev–Trinajstić information content (AvgIpc) is 3.11. The van der Waals surface area contributed by atoms with E-state index in [0.717, 1.165) is 17.5 Å².